The molecular weight excluding hydrogens is 266 g/mol. The SMILES string of the molecule is COc1ccc(/C=C2\CCC(CN(C)C)C2=O)cc1OC. The summed E-state index contributed by atoms with van der Waals surface area (Å²) in [7, 11) is 7.23. The van der Waals surface area contributed by atoms with Crippen molar-refractivity contribution in [3.8, 4) is 11.5 Å². The van der Waals surface area contributed by atoms with E-state index in [9.17, 15) is 4.79 Å². The smallest absolute Gasteiger partial charge is 0.163 e. The molecule has 0 amide bonds. The van der Waals surface area contributed by atoms with E-state index in [0.29, 0.717) is 11.5 Å². The van der Waals surface area contributed by atoms with Gasteiger partial charge in [0.1, 0.15) is 0 Å². The van der Waals surface area contributed by atoms with Crippen LogP contribution in [0.2, 0.25) is 0 Å². The van der Waals surface area contributed by atoms with E-state index in [1.807, 2.05) is 38.4 Å². The minimum atomic E-state index is 0.131. The van der Waals surface area contributed by atoms with Crippen molar-refractivity contribution >= 4 is 11.9 Å². The maximum Gasteiger partial charge on any atom is 0.163 e. The first-order chi connectivity index (χ1) is 10.0. The second kappa shape index (κ2) is 6.76. The Balaban J connectivity index is 2.19. The number of ketones is 1. The lowest BCUT2D eigenvalue weighted by atomic mass is 10.0. The van der Waals surface area contributed by atoms with E-state index < -0.39 is 0 Å². The molecule has 114 valence electrons. The van der Waals surface area contributed by atoms with Crippen molar-refractivity contribution in [3.05, 3.63) is 29.3 Å². The van der Waals surface area contributed by atoms with Gasteiger partial charge >= 0.3 is 0 Å². The molecule has 0 radical (unpaired) electrons. The number of ether oxygens (including phenoxy) is 2. The van der Waals surface area contributed by atoms with Crippen molar-refractivity contribution < 1.29 is 14.3 Å². The third kappa shape index (κ3) is 3.64. The van der Waals surface area contributed by atoms with Gasteiger partial charge in [-0.3, -0.25) is 4.79 Å². The first-order valence-electron chi connectivity index (χ1n) is 7.16. The third-order valence-corrected chi connectivity index (χ3v) is 3.78. The van der Waals surface area contributed by atoms with Crippen LogP contribution in [0.1, 0.15) is 18.4 Å². The second-order valence-corrected chi connectivity index (χ2v) is 5.65. The Bertz CT molecular complexity index is 549. The van der Waals surface area contributed by atoms with Gasteiger partial charge in [-0.25, -0.2) is 0 Å². The highest BCUT2D eigenvalue weighted by molar-refractivity contribution is 6.03. The Morgan fingerprint density at radius 1 is 1.24 bits per heavy atom. The first kappa shape index (κ1) is 15.6. The molecule has 1 fully saturated rings. The van der Waals surface area contributed by atoms with E-state index >= 15 is 0 Å². The summed E-state index contributed by atoms with van der Waals surface area (Å²) < 4.78 is 10.5. The van der Waals surface area contributed by atoms with Crippen LogP contribution in [0, 0.1) is 5.92 Å². The second-order valence-electron chi connectivity index (χ2n) is 5.65. The average molecular weight is 289 g/mol. The van der Waals surface area contributed by atoms with E-state index in [-0.39, 0.29) is 11.7 Å². The van der Waals surface area contributed by atoms with Gasteiger partial charge in [-0.2, -0.15) is 0 Å². The van der Waals surface area contributed by atoms with Gasteiger partial charge in [0.25, 0.3) is 0 Å². The molecule has 0 aromatic heterocycles. The lowest BCUT2D eigenvalue weighted by Gasteiger charge is -2.13. The normalized spacial score (nSPS) is 20.3. The number of methoxy groups -OCH3 is 2. The van der Waals surface area contributed by atoms with Crippen LogP contribution in [0.15, 0.2) is 23.8 Å². The molecule has 0 aliphatic heterocycles. The molecule has 1 aliphatic rings. The summed E-state index contributed by atoms with van der Waals surface area (Å²) in [6, 6.07) is 5.71. The van der Waals surface area contributed by atoms with E-state index in [4.69, 9.17) is 9.47 Å². The number of benzene rings is 1. The molecule has 1 unspecified atom stereocenters. The number of hydrogen-bond donors (Lipinski definition) is 0. The number of Topliss-reactive ketones (excluding diaryl/α,β-unsaturated/α-hetero) is 1. The monoisotopic (exact) mass is 289 g/mol. The van der Waals surface area contributed by atoms with Gasteiger partial charge in [0, 0.05) is 12.5 Å². The van der Waals surface area contributed by atoms with Crippen molar-refractivity contribution in [2.45, 2.75) is 12.8 Å². The molecule has 0 bridgehead atoms. The van der Waals surface area contributed by atoms with Crippen LogP contribution in [0.25, 0.3) is 6.08 Å². The van der Waals surface area contributed by atoms with Gasteiger partial charge < -0.3 is 14.4 Å². The summed E-state index contributed by atoms with van der Waals surface area (Å²) in [6.45, 7) is 0.822. The van der Waals surface area contributed by atoms with Gasteiger partial charge in [0.2, 0.25) is 0 Å². The highest BCUT2D eigenvalue weighted by Crippen LogP contribution is 2.32. The molecule has 1 saturated carbocycles. The molecule has 4 nitrogen and oxygen atoms in total. The highest BCUT2D eigenvalue weighted by atomic mass is 16.5. The molecule has 2 rings (SSSR count). The molecule has 1 aromatic carbocycles. The Morgan fingerprint density at radius 2 is 1.95 bits per heavy atom. The van der Waals surface area contributed by atoms with Crippen LogP contribution in [0.4, 0.5) is 0 Å². The predicted octanol–water partition coefficient (Wildman–Crippen LogP) is 2.63. The van der Waals surface area contributed by atoms with Gasteiger partial charge in [-0.1, -0.05) is 6.07 Å². The lowest BCUT2D eigenvalue weighted by Crippen LogP contribution is -2.24. The summed E-state index contributed by atoms with van der Waals surface area (Å²) in [5.74, 6) is 1.79. The summed E-state index contributed by atoms with van der Waals surface area (Å²) in [5.41, 5.74) is 1.88. The van der Waals surface area contributed by atoms with Crippen LogP contribution in [0.3, 0.4) is 0 Å². The molecule has 1 atom stereocenters. The van der Waals surface area contributed by atoms with Crippen LogP contribution in [0.5, 0.6) is 11.5 Å². The molecule has 0 spiro atoms. The van der Waals surface area contributed by atoms with Gasteiger partial charge in [0.05, 0.1) is 14.2 Å². The van der Waals surface area contributed by atoms with Crippen molar-refractivity contribution in [1.29, 1.82) is 0 Å². The van der Waals surface area contributed by atoms with Gasteiger partial charge in [0.15, 0.2) is 17.3 Å². The van der Waals surface area contributed by atoms with E-state index in [1.54, 1.807) is 14.2 Å². The molecule has 0 saturated heterocycles. The fourth-order valence-electron chi connectivity index (χ4n) is 2.75. The van der Waals surface area contributed by atoms with Crippen LogP contribution < -0.4 is 9.47 Å². The molecule has 1 aliphatic carbocycles. The number of rotatable bonds is 5. The number of allylic oxidation sites excluding steroid dienone is 1. The summed E-state index contributed by atoms with van der Waals surface area (Å²) in [5, 5.41) is 0. The third-order valence-electron chi connectivity index (χ3n) is 3.78. The van der Waals surface area contributed by atoms with E-state index in [1.165, 1.54) is 0 Å². The van der Waals surface area contributed by atoms with Crippen molar-refractivity contribution in [2.24, 2.45) is 5.92 Å². The maximum atomic E-state index is 12.4. The van der Waals surface area contributed by atoms with Crippen LogP contribution >= 0.6 is 0 Å². The number of hydrogen-bond acceptors (Lipinski definition) is 4. The highest BCUT2D eigenvalue weighted by Gasteiger charge is 2.29. The number of carbonyl (C=O) groups excluding carboxylic acids is 1. The zero-order valence-electron chi connectivity index (χ0n) is 13.2. The Labute approximate surface area is 126 Å². The maximum absolute atomic E-state index is 12.4. The van der Waals surface area contributed by atoms with Crippen LogP contribution in [-0.4, -0.2) is 45.5 Å². The Kier molecular flexibility index (Phi) is 5.02. The Hall–Kier alpha value is -1.81. The summed E-state index contributed by atoms with van der Waals surface area (Å²) in [4.78, 5) is 14.4. The van der Waals surface area contributed by atoms with Crippen molar-refractivity contribution in [2.75, 3.05) is 34.9 Å². The Morgan fingerprint density at radius 3 is 2.57 bits per heavy atom. The fraction of sp³-hybridized carbons (Fsp3) is 0.471. The molecule has 4 heteroatoms. The topological polar surface area (TPSA) is 38.8 Å². The minimum Gasteiger partial charge on any atom is -0.493 e. The predicted molar refractivity (Wildman–Crippen MR) is 83.8 cm³/mol. The molecule has 1 aromatic rings. The minimum absolute atomic E-state index is 0.131. The van der Waals surface area contributed by atoms with Gasteiger partial charge in [-0.15, -0.1) is 0 Å². The molecule has 21 heavy (non-hydrogen) atoms. The number of carbonyl (C=O) groups is 1. The quantitative estimate of drug-likeness (QED) is 0.781. The molecule has 0 heterocycles. The van der Waals surface area contributed by atoms with E-state index in [2.05, 4.69) is 4.90 Å². The largest absolute Gasteiger partial charge is 0.493 e. The summed E-state index contributed by atoms with van der Waals surface area (Å²) in [6.07, 6.45) is 3.77. The van der Waals surface area contributed by atoms with Crippen molar-refractivity contribution in [1.82, 2.24) is 4.90 Å². The van der Waals surface area contributed by atoms with E-state index in [0.717, 1.165) is 30.5 Å². The van der Waals surface area contributed by atoms with Crippen LogP contribution in [-0.2, 0) is 4.79 Å². The first-order valence-corrected chi connectivity index (χ1v) is 7.16. The molecular formula is C17H23NO3. The molecule has 0 N–H and O–H groups in total. The fourth-order valence-corrected chi connectivity index (χ4v) is 2.75. The summed E-state index contributed by atoms with van der Waals surface area (Å²) >= 11 is 0. The van der Waals surface area contributed by atoms with Crippen molar-refractivity contribution in [3.63, 3.8) is 0 Å². The number of nitrogens with zero attached hydrogens (tertiary/aromatic N) is 1. The zero-order valence-corrected chi connectivity index (χ0v) is 13.2. The van der Waals surface area contributed by atoms with Gasteiger partial charge in [-0.05, 0) is 56.3 Å². The lowest BCUT2D eigenvalue weighted by molar-refractivity contribution is -0.118. The standard InChI is InChI=1S/C17H23NO3/c1-18(2)11-14-7-6-13(17(14)19)9-12-5-8-15(20-3)16(10-12)21-4/h5,8-10,14H,6-7,11H2,1-4H3/b13-9+. The zero-order chi connectivity index (χ0) is 15.4. The average Bonchev–Trinajstić information content (AvgIpc) is 2.79.